The maximum Gasteiger partial charge on any atom is 0.250 e. The molecule has 2 aromatic carbocycles. The summed E-state index contributed by atoms with van der Waals surface area (Å²) in [6, 6.07) is 10.6. The van der Waals surface area contributed by atoms with Crippen LogP contribution < -0.4 is 15.6 Å². The van der Waals surface area contributed by atoms with Crippen molar-refractivity contribution in [2.24, 2.45) is 5.10 Å². The third-order valence-electron chi connectivity index (χ3n) is 4.72. The first-order valence-electron chi connectivity index (χ1n) is 9.88. The minimum absolute atomic E-state index is 0.131. The molecule has 1 fully saturated rings. The number of phenolic OH excluding ortho intramolecular Hbond substituents is 1. The summed E-state index contributed by atoms with van der Waals surface area (Å²) in [6.07, 6.45) is 1.50. The Kier molecular flexibility index (Phi) is 7.03. The van der Waals surface area contributed by atoms with Crippen LogP contribution in [-0.2, 0) is 4.74 Å². The van der Waals surface area contributed by atoms with Crippen molar-refractivity contribution in [1.82, 2.24) is 15.0 Å². The molecule has 32 heavy (non-hydrogen) atoms. The van der Waals surface area contributed by atoms with Gasteiger partial charge in [0.2, 0.25) is 17.8 Å². The van der Waals surface area contributed by atoms with Crippen molar-refractivity contribution in [2.45, 2.75) is 6.92 Å². The van der Waals surface area contributed by atoms with Gasteiger partial charge in [0.15, 0.2) is 0 Å². The van der Waals surface area contributed by atoms with E-state index in [1.165, 1.54) is 6.21 Å². The van der Waals surface area contributed by atoms with Crippen molar-refractivity contribution < 1.29 is 9.84 Å². The molecule has 0 aliphatic carbocycles. The number of hydrogen-bond donors (Lipinski definition) is 3. The standard InChI is InChI=1S/C21H21BrClN7O2/c1-13-10-15(22)17(11-16(13)23)25-19-26-20(28-21(27-19)30-6-8-32-9-7-30)29-24-12-14-4-2-3-5-18(14)31/h2-5,10-12,31H,6-9H2,1H3,(H2,25,26,27,28,29)/b24-12+. The maximum absolute atomic E-state index is 9.89. The van der Waals surface area contributed by atoms with Gasteiger partial charge < -0.3 is 20.1 Å². The first-order chi connectivity index (χ1) is 15.5. The largest absolute Gasteiger partial charge is 0.507 e. The molecule has 1 aromatic heterocycles. The number of halogens is 2. The Bertz CT molecular complexity index is 1140. The lowest BCUT2D eigenvalue weighted by Crippen LogP contribution is -2.37. The van der Waals surface area contributed by atoms with Crippen LogP contribution in [0.1, 0.15) is 11.1 Å². The number of nitrogens with zero attached hydrogens (tertiary/aromatic N) is 5. The van der Waals surface area contributed by atoms with Crippen molar-refractivity contribution in [3.8, 4) is 5.75 Å². The smallest absolute Gasteiger partial charge is 0.250 e. The monoisotopic (exact) mass is 517 g/mol. The highest BCUT2D eigenvalue weighted by atomic mass is 79.9. The van der Waals surface area contributed by atoms with Crippen LogP contribution in [0.2, 0.25) is 5.02 Å². The molecular weight excluding hydrogens is 498 g/mol. The summed E-state index contributed by atoms with van der Waals surface area (Å²) >= 11 is 9.83. The summed E-state index contributed by atoms with van der Waals surface area (Å²) < 4.78 is 6.26. The van der Waals surface area contributed by atoms with Gasteiger partial charge >= 0.3 is 0 Å². The number of hydrogen-bond acceptors (Lipinski definition) is 9. The molecule has 3 aromatic rings. The highest BCUT2D eigenvalue weighted by Gasteiger charge is 2.17. The van der Waals surface area contributed by atoms with Gasteiger partial charge in [0.25, 0.3) is 0 Å². The van der Waals surface area contributed by atoms with Gasteiger partial charge in [0, 0.05) is 28.1 Å². The van der Waals surface area contributed by atoms with E-state index in [1.54, 1.807) is 18.2 Å². The lowest BCUT2D eigenvalue weighted by atomic mass is 10.2. The fraction of sp³-hybridized carbons (Fsp3) is 0.238. The van der Waals surface area contributed by atoms with Crippen molar-refractivity contribution >= 4 is 57.3 Å². The third-order valence-corrected chi connectivity index (χ3v) is 5.78. The average molecular weight is 519 g/mol. The molecule has 1 saturated heterocycles. The zero-order valence-electron chi connectivity index (χ0n) is 17.2. The maximum atomic E-state index is 9.89. The number of ether oxygens (including phenoxy) is 1. The van der Waals surface area contributed by atoms with E-state index >= 15 is 0 Å². The second-order valence-corrected chi connectivity index (χ2v) is 8.28. The number of aromatic hydroxyl groups is 1. The highest BCUT2D eigenvalue weighted by Crippen LogP contribution is 2.31. The lowest BCUT2D eigenvalue weighted by molar-refractivity contribution is 0.122. The summed E-state index contributed by atoms with van der Waals surface area (Å²) in [4.78, 5) is 15.5. The van der Waals surface area contributed by atoms with E-state index in [4.69, 9.17) is 16.3 Å². The van der Waals surface area contributed by atoms with Gasteiger partial charge in [0.1, 0.15) is 5.75 Å². The molecular formula is C21H21BrClN7O2. The van der Waals surface area contributed by atoms with E-state index in [-0.39, 0.29) is 11.7 Å². The number of hydrazone groups is 1. The van der Waals surface area contributed by atoms with Gasteiger partial charge in [-0.3, -0.25) is 0 Å². The molecule has 0 radical (unpaired) electrons. The van der Waals surface area contributed by atoms with Gasteiger partial charge in [-0.05, 0) is 52.7 Å². The second kappa shape index (κ2) is 10.1. The molecule has 4 rings (SSSR count). The van der Waals surface area contributed by atoms with Gasteiger partial charge in [-0.1, -0.05) is 23.7 Å². The Morgan fingerprint density at radius 1 is 1.16 bits per heavy atom. The van der Waals surface area contributed by atoms with Crippen LogP contribution in [0.15, 0.2) is 46.0 Å². The summed E-state index contributed by atoms with van der Waals surface area (Å²) in [5.74, 6) is 1.22. The average Bonchev–Trinajstić information content (AvgIpc) is 2.79. The quantitative estimate of drug-likeness (QED) is 0.327. The SMILES string of the molecule is Cc1cc(Br)c(Nc2nc(N/N=C/c3ccccc3O)nc(N3CCOCC3)n2)cc1Cl. The predicted octanol–water partition coefficient (Wildman–Crippen LogP) is 4.33. The van der Waals surface area contributed by atoms with Gasteiger partial charge in [-0.2, -0.15) is 20.1 Å². The predicted molar refractivity (Wildman–Crippen MR) is 129 cm³/mol. The summed E-state index contributed by atoms with van der Waals surface area (Å²) in [5.41, 5.74) is 5.07. The van der Waals surface area contributed by atoms with Gasteiger partial charge in [0.05, 0.1) is 25.1 Å². The molecule has 0 spiro atoms. The number of anilines is 4. The first kappa shape index (κ1) is 22.3. The van der Waals surface area contributed by atoms with E-state index in [0.29, 0.717) is 48.8 Å². The summed E-state index contributed by atoms with van der Waals surface area (Å²) in [5, 5.41) is 17.9. The van der Waals surface area contributed by atoms with Crippen molar-refractivity contribution in [3.63, 3.8) is 0 Å². The van der Waals surface area contributed by atoms with E-state index in [0.717, 1.165) is 15.7 Å². The molecule has 1 aliphatic rings. The molecule has 0 bridgehead atoms. The van der Waals surface area contributed by atoms with Crippen LogP contribution in [0.5, 0.6) is 5.75 Å². The number of morpholine rings is 1. The van der Waals surface area contributed by atoms with Gasteiger partial charge in [-0.25, -0.2) is 5.43 Å². The van der Waals surface area contributed by atoms with Crippen LogP contribution in [-0.4, -0.2) is 52.6 Å². The molecule has 0 saturated carbocycles. The van der Waals surface area contributed by atoms with Crippen LogP contribution in [0.4, 0.5) is 23.5 Å². The molecule has 1 aliphatic heterocycles. The van der Waals surface area contributed by atoms with E-state index in [9.17, 15) is 5.11 Å². The third kappa shape index (κ3) is 5.45. The zero-order valence-corrected chi connectivity index (χ0v) is 19.6. The molecule has 2 heterocycles. The van der Waals surface area contributed by atoms with Crippen LogP contribution >= 0.6 is 27.5 Å². The number of aromatic nitrogens is 3. The van der Waals surface area contributed by atoms with Crippen LogP contribution in [0.25, 0.3) is 0 Å². The fourth-order valence-corrected chi connectivity index (χ4v) is 3.71. The lowest BCUT2D eigenvalue weighted by Gasteiger charge is -2.27. The zero-order chi connectivity index (χ0) is 22.5. The van der Waals surface area contributed by atoms with Crippen LogP contribution in [0, 0.1) is 6.92 Å². The molecule has 166 valence electrons. The molecule has 0 amide bonds. The van der Waals surface area contributed by atoms with E-state index in [1.807, 2.05) is 30.0 Å². The molecule has 9 nitrogen and oxygen atoms in total. The molecule has 0 unspecified atom stereocenters. The topological polar surface area (TPSA) is 108 Å². The Balaban J connectivity index is 1.62. The summed E-state index contributed by atoms with van der Waals surface area (Å²) in [7, 11) is 0. The fourth-order valence-electron chi connectivity index (χ4n) is 2.99. The van der Waals surface area contributed by atoms with E-state index < -0.39 is 0 Å². The Morgan fingerprint density at radius 3 is 2.69 bits per heavy atom. The normalized spacial score (nSPS) is 14.0. The van der Waals surface area contributed by atoms with Crippen molar-refractivity contribution in [1.29, 1.82) is 0 Å². The minimum atomic E-state index is 0.131. The number of nitrogens with one attached hydrogen (secondary N) is 2. The van der Waals surface area contributed by atoms with Crippen molar-refractivity contribution in [3.05, 3.63) is 57.0 Å². The highest BCUT2D eigenvalue weighted by molar-refractivity contribution is 9.10. The summed E-state index contributed by atoms with van der Waals surface area (Å²) in [6.45, 7) is 4.47. The second-order valence-electron chi connectivity index (χ2n) is 7.02. The Morgan fingerprint density at radius 2 is 1.91 bits per heavy atom. The van der Waals surface area contributed by atoms with Crippen molar-refractivity contribution in [2.75, 3.05) is 41.9 Å². The number of aryl methyl sites for hydroxylation is 1. The van der Waals surface area contributed by atoms with Gasteiger partial charge in [-0.15, -0.1) is 0 Å². The molecule has 0 atom stereocenters. The molecule has 11 heteroatoms. The minimum Gasteiger partial charge on any atom is -0.507 e. The molecule has 3 N–H and O–H groups in total. The number of phenols is 1. The van der Waals surface area contributed by atoms with Crippen LogP contribution in [0.3, 0.4) is 0 Å². The first-order valence-corrected chi connectivity index (χ1v) is 11.1. The Labute approximate surface area is 198 Å². The number of para-hydroxylation sites is 1. The number of benzene rings is 2. The number of rotatable bonds is 6. The Hall–Kier alpha value is -2.95. The van der Waals surface area contributed by atoms with E-state index in [2.05, 4.69) is 46.7 Å².